The van der Waals surface area contributed by atoms with Gasteiger partial charge in [-0.2, -0.15) is 5.10 Å². The number of carbonyl (C=O) groups is 1. The van der Waals surface area contributed by atoms with Crippen LogP contribution in [0, 0.1) is 27.7 Å². The fourth-order valence-electron chi connectivity index (χ4n) is 4.04. The fourth-order valence-corrected chi connectivity index (χ4v) is 4.04. The van der Waals surface area contributed by atoms with E-state index in [1.807, 2.05) is 29.5 Å². The van der Waals surface area contributed by atoms with Crippen molar-refractivity contribution in [1.29, 1.82) is 0 Å². The largest absolute Gasteiger partial charge is 0.340 e. The SMILES string of the molecule is Cc1cc(C)n(CCC(=O)N2CCC[C@@H]2c2nc3cc(C)c(C)cc3[nH]2)n1. The van der Waals surface area contributed by atoms with E-state index in [9.17, 15) is 4.79 Å². The molecule has 4 rings (SSSR count). The van der Waals surface area contributed by atoms with E-state index < -0.39 is 0 Å². The number of H-pyrrole nitrogens is 1. The lowest BCUT2D eigenvalue weighted by molar-refractivity contribution is -0.132. The van der Waals surface area contributed by atoms with E-state index in [1.54, 1.807) is 0 Å². The highest BCUT2D eigenvalue weighted by atomic mass is 16.2. The second-order valence-corrected chi connectivity index (χ2v) is 7.72. The van der Waals surface area contributed by atoms with Crippen LogP contribution in [0.1, 0.15) is 53.6 Å². The third-order valence-corrected chi connectivity index (χ3v) is 5.65. The number of hydrogen-bond donors (Lipinski definition) is 1. The zero-order valence-electron chi connectivity index (χ0n) is 16.5. The molecule has 0 bridgehead atoms. The molecule has 1 amide bonds. The summed E-state index contributed by atoms with van der Waals surface area (Å²) in [5.41, 5.74) is 6.62. The summed E-state index contributed by atoms with van der Waals surface area (Å²) in [5.74, 6) is 1.09. The molecule has 3 aromatic rings. The molecule has 1 aromatic carbocycles. The van der Waals surface area contributed by atoms with Crippen molar-refractivity contribution >= 4 is 16.9 Å². The summed E-state index contributed by atoms with van der Waals surface area (Å²) in [7, 11) is 0. The second kappa shape index (κ2) is 6.83. The molecule has 0 unspecified atom stereocenters. The van der Waals surface area contributed by atoms with Gasteiger partial charge in [-0.3, -0.25) is 9.48 Å². The fraction of sp³-hybridized carbons (Fsp3) is 0.476. The highest BCUT2D eigenvalue weighted by Crippen LogP contribution is 2.32. The predicted octanol–water partition coefficient (Wildman–Crippen LogP) is 3.75. The van der Waals surface area contributed by atoms with Crippen LogP contribution in [0.25, 0.3) is 11.0 Å². The van der Waals surface area contributed by atoms with Gasteiger partial charge < -0.3 is 9.88 Å². The monoisotopic (exact) mass is 365 g/mol. The van der Waals surface area contributed by atoms with Crippen molar-refractivity contribution in [3.05, 3.63) is 46.5 Å². The number of aromatic nitrogens is 4. The van der Waals surface area contributed by atoms with Crippen molar-refractivity contribution in [3.63, 3.8) is 0 Å². The van der Waals surface area contributed by atoms with Crippen molar-refractivity contribution in [1.82, 2.24) is 24.6 Å². The lowest BCUT2D eigenvalue weighted by Gasteiger charge is -2.23. The van der Waals surface area contributed by atoms with E-state index in [0.717, 1.165) is 47.6 Å². The zero-order chi connectivity index (χ0) is 19.1. The molecule has 1 atom stereocenters. The first-order valence-corrected chi connectivity index (χ1v) is 9.70. The summed E-state index contributed by atoms with van der Waals surface area (Å²) < 4.78 is 1.92. The molecule has 0 radical (unpaired) electrons. The number of hydrogen-bond acceptors (Lipinski definition) is 3. The minimum absolute atomic E-state index is 0.0472. The molecule has 0 aliphatic carbocycles. The molecular formula is C21H27N5O. The number of imidazole rings is 1. The number of amides is 1. The standard InChI is InChI=1S/C21H27N5O/c1-13-10-17-18(11-14(13)2)23-21(22-17)19-6-5-8-25(19)20(27)7-9-26-16(4)12-15(3)24-26/h10-12,19H,5-9H2,1-4H3,(H,22,23)/t19-/m1/s1. The van der Waals surface area contributed by atoms with Crippen LogP contribution in [0.3, 0.4) is 0 Å². The van der Waals surface area contributed by atoms with E-state index in [1.165, 1.54) is 11.1 Å². The number of likely N-dealkylation sites (tertiary alicyclic amines) is 1. The molecule has 0 saturated carbocycles. The van der Waals surface area contributed by atoms with Gasteiger partial charge in [0.2, 0.25) is 5.91 Å². The Morgan fingerprint density at radius 1 is 1.19 bits per heavy atom. The van der Waals surface area contributed by atoms with Crippen LogP contribution in [0.15, 0.2) is 18.2 Å². The third-order valence-electron chi connectivity index (χ3n) is 5.65. The molecule has 0 spiro atoms. The molecule has 1 saturated heterocycles. The Bertz CT molecular complexity index is 961. The van der Waals surface area contributed by atoms with E-state index in [-0.39, 0.29) is 11.9 Å². The summed E-state index contributed by atoms with van der Waals surface area (Å²) in [6, 6.07) is 6.35. The van der Waals surface area contributed by atoms with Crippen LogP contribution >= 0.6 is 0 Å². The van der Waals surface area contributed by atoms with Gasteiger partial charge in [0.1, 0.15) is 5.82 Å². The van der Waals surface area contributed by atoms with Crippen molar-refractivity contribution < 1.29 is 4.79 Å². The first-order chi connectivity index (χ1) is 12.9. The number of fused-ring (bicyclic) bond motifs is 1. The van der Waals surface area contributed by atoms with E-state index in [4.69, 9.17) is 4.98 Å². The van der Waals surface area contributed by atoms with Gasteiger partial charge in [-0.05, 0) is 69.9 Å². The Morgan fingerprint density at radius 3 is 2.70 bits per heavy atom. The normalized spacial score (nSPS) is 17.2. The molecule has 1 N–H and O–H groups in total. The van der Waals surface area contributed by atoms with E-state index >= 15 is 0 Å². The summed E-state index contributed by atoms with van der Waals surface area (Å²) in [6.45, 7) is 9.65. The minimum atomic E-state index is 0.0472. The van der Waals surface area contributed by atoms with Crippen LogP contribution in [0.4, 0.5) is 0 Å². The van der Waals surface area contributed by atoms with Crippen molar-refractivity contribution in [2.45, 2.75) is 59.5 Å². The molecule has 6 heteroatoms. The molecule has 1 fully saturated rings. The number of nitrogens with one attached hydrogen (secondary N) is 1. The molecule has 3 heterocycles. The molecule has 27 heavy (non-hydrogen) atoms. The van der Waals surface area contributed by atoms with Gasteiger partial charge in [0.25, 0.3) is 0 Å². The first kappa shape index (κ1) is 17.8. The van der Waals surface area contributed by atoms with Crippen LogP contribution in [0.2, 0.25) is 0 Å². The maximum Gasteiger partial charge on any atom is 0.225 e. The van der Waals surface area contributed by atoms with Gasteiger partial charge in [0, 0.05) is 25.2 Å². The Hall–Kier alpha value is -2.63. The number of rotatable bonds is 4. The Labute approximate surface area is 159 Å². The smallest absolute Gasteiger partial charge is 0.225 e. The highest BCUT2D eigenvalue weighted by molar-refractivity contribution is 5.79. The molecule has 1 aliphatic rings. The number of benzene rings is 1. The second-order valence-electron chi connectivity index (χ2n) is 7.72. The first-order valence-electron chi connectivity index (χ1n) is 9.70. The lowest BCUT2D eigenvalue weighted by atomic mass is 10.1. The van der Waals surface area contributed by atoms with Gasteiger partial charge >= 0.3 is 0 Å². The van der Waals surface area contributed by atoms with Crippen LogP contribution in [0.5, 0.6) is 0 Å². The van der Waals surface area contributed by atoms with Gasteiger partial charge in [0.05, 0.1) is 22.8 Å². The topological polar surface area (TPSA) is 66.8 Å². The molecule has 6 nitrogen and oxygen atoms in total. The van der Waals surface area contributed by atoms with Gasteiger partial charge in [-0.15, -0.1) is 0 Å². The van der Waals surface area contributed by atoms with Crippen LogP contribution < -0.4 is 0 Å². The Balaban J connectivity index is 1.51. The Kier molecular flexibility index (Phi) is 4.50. The van der Waals surface area contributed by atoms with Gasteiger partial charge in [-0.25, -0.2) is 4.98 Å². The molecule has 142 valence electrons. The quantitative estimate of drug-likeness (QED) is 0.766. The Morgan fingerprint density at radius 2 is 1.96 bits per heavy atom. The van der Waals surface area contributed by atoms with Gasteiger partial charge in [0.15, 0.2) is 0 Å². The molecule has 2 aromatic heterocycles. The summed E-state index contributed by atoms with van der Waals surface area (Å²) in [6.07, 6.45) is 2.45. The summed E-state index contributed by atoms with van der Waals surface area (Å²) in [5, 5.41) is 4.46. The van der Waals surface area contributed by atoms with E-state index in [0.29, 0.717) is 13.0 Å². The third kappa shape index (κ3) is 3.36. The van der Waals surface area contributed by atoms with Crippen LogP contribution in [-0.4, -0.2) is 37.1 Å². The molecular weight excluding hydrogens is 338 g/mol. The maximum atomic E-state index is 12.9. The average Bonchev–Trinajstić information content (AvgIpc) is 3.31. The van der Waals surface area contributed by atoms with Crippen molar-refractivity contribution in [2.75, 3.05) is 6.54 Å². The van der Waals surface area contributed by atoms with Crippen molar-refractivity contribution in [2.24, 2.45) is 0 Å². The summed E-state index contributed by atoms with van der Waals surface area (Å²) in [4.78, 5) is 23.1. The number of nitrogens with zero attached hydrogens (tertiary/aromatic N) is 4. The number of aromatic amines is 1. The predicted molar refractivity (Wildman–Crippen MR) is 106 cm³/mol. The minimum Gasteiger partial charge on any atom is -0.340 e. The molecule has 1 aliphatic heterocycles. The van der Waals surface area contributed by atoms with E-state index in [2.05, 4.69) is 36.1 Å². The average molecular weight is 365 g/mol. The number of carbonyl (C=O) groups excluding carboxylic acids is 1. The number of aryl methyl sites for hydroxylation is 5. The van der Waals surface area contributed by atoms with Gasteiger partial charge in [-0.1, -0.05) is 0 Å². The summed E-state index contributed by atoms with van der Waals surface area (Å²) >= 11 is 0. The maximum absolute atomic E-state index is 12.9. The van der Waals surface area contributed by atoms with Crippen molar-refractivity contribution in [3.8, 4) is 0 Å². The lowest BCUT2D eigenvalue weighted by Crippen LogP contribution is -2.31. The highest BCUT2D eigenvalue weighted by Gasteiger charge is 2.32. The zero-order valence-corrected chi connectivity index (χ0v) is 16.5. The van der Waals surface area contributed by atoms with Crippen LogP contribution in [-0.2, 0) is 11.3 Å².